The fourth-order valence-electron chi connectivity index (χ4n) is 0.0735. The molecule has 0 bridgehead atoms. The lowest BCUT2D eigenvalue weighted by molar-refractivity contribution is 0.317. The second kappa shape index (κ2) is 3.85. The first-order valence-corrected chi connectivity index (χ1v) is 2.44. The molecule has 0 rings (SSSR count). The minimum Gasteiger partial charge on any atom is -0.411 e. The van der Waals surface area contributed by atoms with Crippen LogP contribution in [-0.4, -0.2) is 20.3 Å². The molecule has 0 aromatic rings. The number of hydrogen-bond donors (Lipinski definition) is 2. The van der Waals surface area contributed by atoms with Crippen LogP contribution in [0, 0.1) is 0 Å². The van der Waals surface area contributed by atoms with Gasteiger partial charge in [0.2, 0.25) is 0 Å². The molecular formula is C2H3IN2O2. The summed E-state index contributed by atoms with van der Waals surface area (Å²) >= 11 is 1.70. The third-order valence-electron chi connectivity index (χ3n) is 0.260. The first kappa shape index (κ1) is 6.67. The zero-order valence-electron chi connectivity index (χ0n) is 3.24. The number of rotatable bonds is 1. The minimum absolute atomic E-state index is 0.236. The number of nitrogens with zero attached hydrogens (tertiary/aromatic N) is 2. The van der Waals surface area contributed by atoms with Gasteiger partial charge in [-0.3, -0.25) is 0 Å². The third-order valence-corrected chi connectivity index (χ3v) is 0.754. The SMILES string of the molecule is ON=CC(I)=NO. The van der Waals surface area contributed by atoms with Crippen molar-refractivity contribution in [2.75, 3.05) is 0 Å². The van der Waals surface area contributed by atoms with Gasteiger partial charge in [0, 0.05) is 0 Å². The highest BCUT2D eigenvalue weighted by molar-refractivity contribution is 14.1. The van der Waals surface area contributed by atoms with E-state index in [0.29, 0.717) is 0 Å². The zero-order valence-corrected chi connectivity index (χ0v) is 5.40. The molecule has 7 heavy (non-hydrogen) atoms. The van der Waals surface area contributed by atoms with E-state index in [1.54, 1.807) is 22.6 Å². The molecule has 0 radical (unpaired) electrons. The topological polar surface area (TPSA) is 65.2 Å². The van der Waals surface area contributed by atoms with Crippen LogP contribution < -0.4 is 0 Å². The first-order valence-electron chi connectivity index (χ1n) is 1.36. The summed E-state index contributed by atoms with van der Waals surface area (Å²) in [6.45, 7) is 0. The molecule has 40 valence electrons. The Balaban J connectivity index is 3.58. The Kier molecular flexibility index (Phi) is 3.67. The molecule has 0 heterocycles. The van der Waals surface area contributed by atoms with E-state index in [-0.39, 0.29) is 3.72 Å². The van der Waals surface area contributed by atoms with E-state index >= 15 is 0 Å². The summed E-state index contributed by atoms with van der Waals surface area (Å²) < 4.78 is 0.236. The lowest BCUT2D eigenvalue weighted by Crippen LogP contribution is -1.84. The van der Waals surface area contributed by atoms with E-state index in [4.69, 9.17) is 10.4 Å². The van der Waals surface area contributed by atoms with Crippen molar-refractivity contribution in [3.05, 3.63) is 0 Å². The van der Waals surface area contributed by atoms with Crippen LogP contribution >= 0.6 is 22.6 Å². The molecule has 0 amide bonds. The van der Waals surface area contributed by atoms with E-state index < -0.39 is 0 Å². The Labute approximate surface area is 53.7 Å². The predicted molar refractivity (Wildman–Crippen MR) is 33.5 cm³/mol. The van der Waals surface area contributed by atoms with Gasteiger partial charge in [-0.15, -0.1) is 0 Å². The molecule has 0 aliphatic heterocycles. The van der Waals surface area contributed by atoms with Gasteiger partial charge in [-0.2, -0.15) is 0 Å². The fourth-order valence-corrected chi connectivity index (χ4v) is 0.198. The van der Waals surface area contributed by atoms with E-state index in [1.807, 2.05) is 0 Å². The summed E-state index contributed by atoms with van der Waals surface area (Å²) in [5.74, 6) is 0. The Morgan fingerprint density at radius 3 is 2.29 bits per heavy atom. The van der Waals surface area contributed by atoms with Crippen LogP contribution in [0.15, 0.2) is 10.3 Å². The van der Waals surface area contributed by atoms with Crippen molar-refractivity contribution in [3.63, 3.8) is 0 Å². The van der Waals surface area contributed by atoms with Crippen LogP contribution in [0.5, 0.6) is 0 Å². The van der Waals surface area contributed by atoms with E-state index in [2.05, 4.69) is 10.3 Å². The molecule has 0 saturated carbocycles. The Hall–Kier alpha value is -0.330. The number of halogens is 1. The Morgan fingerprint density at radius 1 is 1.57 bits per heavy atom. The number of hydrogen-bond acceptors (Lipinski definition) is 4. The van der Waals surface area contributed by atoms with Gasteiger partial charge in [0.25, 0.3) is 0 Å². The molecule has 0 spiro atoms. The number of oxime groups is 2. The van der Waals surface area contributed by atoms with Gasteiger partial charge in [0.1, 0.15) is 6.21 Å². The van der Waals surface area contributed by atoms with E-state index in [9.17, 15) is 0 Å². The van der Waals surface area contributed by atoms with Gasteiger partial charge < -0.3 is 10.4 Å². The quantitative estimate of drug-likeness (QED) is 0.291. The lowest BCUT2D eigenvalue weighted by Gasteiger charge is -1.74. The average Bonchev–Trinajstić information content (AvgIpc) is 1.68. The van der Waals surface area contributed by atoms with Crippen LogP contribution in [-0.2, 0) is 0 Å². The van der Waals surface area contributed by atoms with E-state index in [1.165, 1.54) is 0 Å². The Bertz CT molecular complexity index is 99.9. The fraction of sp³-hybridized carbons (Fsp3) is 0. The highest BCUT2D eigenvalue weighted by Crippen LogP contribution is 1.82. The van der Waals surface area contributed by atoms with Crippen molar-refractivity contribution in [1.29, 1.82) is 0 Å². The normalized spacial score (nSPS) is 13.0. The lowest BCUT2D eigenvalue weighted by atomic mass is 10.8. The second-order valence-electron chi connectivity index (χ2n) is 0.667. The molecule has 0 aromatic carbocycles. The highest BCUT2D eigenvalue weighted by Gasteiger charge is 1.80. The molecule has 0 fully saturated rings. The molecular weight excluding hydrogens is 211 g/mol. The van der Waals surface area contributed by atoms with Crippen molar-refractivity contribution in [3.8, 4) is 0 Å². The van der Waals surface area contributed by atoms with E-state index in [0.717, 1.165) is 6.21 Å². The molecule has 0 saturated heterocycles. The average molecular weight is 214 g/mol. The molecule has 5 heteroatoms. The standard InChI is InChI=1S/C2H3IN2O2/c3-2(5-7)1-4-6/h1,6-7H. The summed E-state index contributed by atoms with van der Waals surface area (Å²) in [4.78, 5) is 0. The summed E-state index contributed by atoms with van der Waals surface area (Å²) in [6.07, 6.45) is 1.01. The van der Waals surface area contributed by atoms with Crippen LogP contribution in [0.4, 0.5) is 0 Å². The molecule has 0 unspecified atom stereocenters. The predicted octanol–water partition coefficient (Wildman–Crippen LogP) is 0.669. The van der Waals surface area contributed by atoms with Gasteiger partial charge in [-0.1, -0.05) is 10.3 Å². The molecule has 2 N–H and O–H groups in total. The van der Waals surface area contributed by atoms with Crippen molar-refractivity contribution in [1.82, 2.24) is 0 Å². The molecule has 0 aliphatic carbocycles. The summed E-state index contributed by atoms with van der Waals surface area (Å²) in [5, 5.41) is 20.8. The summed E-state index contributed by atoms with van der Waals surface area (Å²) in [5.41, 5.74) is 0. The maximum absolute atomic E-state index is 7.84. The van der Waals surface area contributed by atoms with Gasteiger partial charge in [-0.05, 0) is 22.6 Å². The molecule has 0 aliphatic rings. The summed E-state index contributed by atoms with van der Waals surface area (Å²) in [7, 11) is 0. The van der Waals surface area contributed by atoms with Crippen LogP contribution in [0.3, 0.4) is 0 Å². The smallest absolute Gasteiger partial charge is 0.161 e. The maximum Gasteiger partial charge on any atom is 0.161 e. The van der Waals surface area contributed by atoms with Crippen molar-refractivity contribution >= 4 is 32.5 Å². The second-order valence-corrected chi connectivity index (χ2v) is 1.77. The van der Waals surface area contributed by atoms with Crippen molar-refractivity contribution in [2.45, 2.75) is 0 Å². The Morgan fingerprint density at radius 2 is 2.14 bits per heavy atom. The largest absolute Gasteiger partial charge is 0.411 e. The minimum atomic E-state index is 0.236. The highest BCUT2D eigenvalue weighted by atomic mass is 127. The zero-order chi connectivity index (χ0) is 5.70. The van der Waals surface area contributed by atoms with Crippen LogP contribution in [0.1, 0.15) is 0 Å². The van der Waals surface area contributed by atoms with Crippen LogP contribution in [0.2, 0.25) is 0 Å². The maximum atomic E-state index is 7.84. The molecule has 4 nitrogen and oxygen atoms in total. The van der Waals surface area contributed by atoms with Crippen LogP contribution in [0.25, 0.3) is 0 Å². The van der Waals surface area contributed by atoms with Gasteiger partial charge in [0.15, 0.2) is 3.72 Å². The van der Waals surface area contributed by atoms with Gasteiger partial charge in [0.05, 0.1) is 0 Å². The summed E-state index contributed by atoms with van der Waals surface area (Å²) in [6, 6.07) is 0. The van der Waals surface area contributed by atoms with Crippen molar-refractivity contribution < 1.29 is 10.4 Å². The first-order chi connectivity index (χ1) is 3.31. The van der Waals surface area contributed by atoms with Gasteiger partial charge >= 0.3 is 0 Å². The molecule has 0 aromatic heterocycles. The third kappa shape index (κ3) is 3.50. The molecule has 0 atom stereocenters. The van der Waals surface area contributed by atoms with Gasteiger partial charge in [-0.25, -0.2) is 0 Å². The van der Waals surface area contributed by atoms with Crippen molar-refractivity contribution in [2.24, 2.45) is 10.3 Å². The monoisotopic (exact) mass is 214 g/mol.